The molecule has 0 saturated heterocycles. The first-order chi connectivity index (χ1) is 11.9. The number of non-ortho nitro benzene ring substituents is 1. The van der Waals surface area contributed by atoms with Crippen LogP contribution in [0.4, 0.5) is 11.4 Å². The van der Waals surface area contributed by atoms with Gasteiger partial charge < -0.3 is 14.8 Å². The molecule has 0 heterocycles. The van der Waals surface area contributed by atoms with Crippen LogP contribution in [-0.4, -0.2) is 30.2 Å². The number of hydrogen-bond acceptors (Lipinski definition) is 6. The minimum Gasteiger partial charge on any atom is -0.493 e. The molecule has 8 nitrogen and oxygen atoms in total. The fraction of sp³-hybridized carbons (Fsp3) is 0.125. The number of nitrogens with zero attached hydrogens (tertiary/aromatic N) is 1. The number of carbonyl (C=O) groups is 1. The molecule has 0 aromatic heterocycles. The number of amides is 1. The largest absolute Gasteiger partial charge is 0.493 e. The molecule has 0 radical (unpaired) electrons. The molecule has 25 heavy (non-hydrogen) atoms. The Morgan fingerprint density at radius 1 is 1.08 bits per heavy atom. The van der Waals surface area contributed by atoms with Crippen molar-refractivity contribution in [2.75, 3.05) is 19.5 Å². The summed E-state index contributed by atoms with van der Waals surface area (Å²) in [6.07, 6.45) is 0. The van der Waals surface area contributed by atoms with Crippen LogP contribution in [0.25, 0.3) is 0 Å². The van der Waals surface area contributed by atoms with Crippen LogP contribution in [0, 0.1) is 10.1 Å². The number of anilines is 1. The summed E-state index contributed by atoms with van der Waals surface area (Å²) in [7, 11) is 2.97. The Kier molecular flexibility index (Phi) is 5.85. The van der Waals surface area contributed by atoms with E-state index in [4.69, 9.17) is 21.7 Å². The molecule has 0 aliphatic rings. The first-order valence-electron chi connectivity index (χ1n) is 7.03. The van der Waals surface area contributed by atoms with Crippen molar-refractivity contribution in [3.63, 3.8) is 0 Å². The first-order valence-corrected chi connectivity index (χ1v) is 7.44. The van der Waals surface area contributed by atoms with Gasteiger partial charge in [0, 0.05) is 23.4 Å². The Hall–Kier alpha value is -3.20. The molecule has 2 aromatic carbocycles. The minimum absolute atomic E-state index is 0.0363. The Bertz CT molecular complexity index is 808. The van der Waals surface area contributed by atoms with Crippen LogP contribution in [0.5, 0.6) is 11.5 Å². The van der Waals surface area contributed by atoms with Crippen molar-refractivity contribution in [1.29, 1.82) is 0 Å². The van der Waals surface area contributed by atoms with E-state index < -0.39 is 10.8 Å². The Labute approximate surface area is 148 Å². The molecule has 130 valence electrons. The van der Waals surface area contributed by atoms with Gasteiger partial charge in [-0.05, 0) is 42.5 Å². The lowest BCUT2D eigenvalue weighted by Gasteiger charge is -2.11. The van der Waals surface area contributed by atoms with E-state index in [0.29, 0.717) is 22.7 Å². The van der Waals surface area contributed by atoms with Gasteiger partial charge in [-0.2, -0.15) is 0 Å². The van der Waals surface area contributed by atoms with E-state index in [0.717, 1.165) is 0 Å². The molecule has 0 aliphatic heterocycles. The summed E-state index contributed by atoms with van der Waals surface area (Å²) in [5.74, 6) is 0.496. The van der Waals surface area contributed by atoms with Crippen molar-refractivity contribution >= 4 is 34.6 Å². The summed E-state index contributed by atoms with van der Waals surface area (Å²) in [5, 5.41) is 16.0. The second-order valence-corrected chi connectivity index (χ2v) is 5.19. The van der Waals surface area contributed by atoms with Gasteiger partial charge >= 0.3 is 0 Å². The molecule has 2 aromatic rings. The van der Waals surface area contributed by atoms with Gasteiger partial charge in [0.25, 0.3) is 11.6 Å². The van der Waals surface area contributed by atoms with Gasteiger partial charge in [-0.3, -0.25) is 20.2 Å². The normalized spacial score (nSPS) is 9.84. The average molecular weight is 361 g/mol. The van der Waals surface area contributed by atoms with Crippen LogP contribution >= 0.6 is 12.2 Å². The highest BCUT2D eigenvalue weighted by atomic mass is 32.1. The van der Waals surface area contributed by atoms with Crippen molar-refractivity contribution in [2.45, 2.75) is 0 Å². The topological polar surface area (TPSA) is 103 Å². The van der Waals surface area contributed by atoms with Crippen molar-refractivity contribution in [2.24, 2.45) is 0 Å². The summed E-state index contributed by atoms with van der Waals surface area (Å²) in [6, 6.07) is 10.4. The second kappa shape index (κ2) is 8.06. The van der Waals surface area contributed by atoms with Crippen LogP contribution in [0.15, 0.2) is 42.5 Å². The van der Waals surface area contributed by atoms with E-state index in [1.54, 1.807) is 12.1 Å². The number of rotatable bonds is 5. The SMILES string of the molecule is COc1ccc(C(=O)NC(=S)Nc2ccc([N+](=O)[O-])cc2)cc1OC. The molecule has 2 rings (SSSR count). The van der Waals surface area contributed by atoms with Crippen molar-refractivity contribution in [1.82, 2.24) is 5.32 Å². The predicted molar refractivity (Wildman–Crippen MR) is 96.3 cm³/mol. The Balaban J connectivity index is 2.02. The summed E-state index contributed by atoms with van der Waals surface area (Å²) < 4.78 is 10.3. The maximum atomic E-state index is 12.2. The summed E-state index contributed by atoms with van der Waals surface area (Å²) >= 11 is 5.07. The van der Waals surface area contributed by atoms with Gasteiger partial charge in [0.1, 0.15) is 0 Å². The summed E-state index contributed by atoms with van der Waals surface area (Å²) in [4.78, 5) is 22.4. The van der Waals surface area contributed by atoms with Crippen molar-refractivity contribution in [3.05, 3.63) is 58.1 Å². The van der Waals surface area contributed by atoms with E-state index in [1.807, 2.05) is 0 Å². The molecule has 0 aliphatic carbocycles. The van der Waals surface area contributed by atoms with Gasteiger partial charge in [-0.1, -0.05) is 0 Å². The molecule has 0 unspecified atom stereocenters. The second-order valence-electron chi connectivity index (χ2n) is 4.78. The van der Waals surface area contributed by atoms with Crippen LogP contribution < -0.4 is 20.1 Å². The molecular weight excluding hydrogens is 346 g/mol. The number of nitrogens with one attached hydrogen (secondary N) is 2. The third-order valence-corrected chi connectivity index (χ3v) is 3.41. The highest BCUT2D eigenvalue weighted by Crippen LogP contribution is 2.27. The minimum atomic E-state index is -0.499. The lowest BCUT2D eigenvalue weighted by atomic mass is 10.2. The van der Waals surface area contributed by atoms with E-state index in [2.05, 4.69) is 10.6 Å². The number of carbonyl (C=O) groups excluding carboxylic acids is 1. The molecule has 0 saturated carbocycles. The van der Waals surface area contributed by atoms with E-state index >= 15 is 0 Å². The molecule has 2 N–H and O–H groups in total. The summed E-state index contributed by atoms with van der Waals surface area (Å²) in [6.45, 7) is 0. The van der Waals surface area contributed by atoms with E-state index in [-0.39, 0.29) is 10.8 Å². The van der Waals surface area contributed by atoms with Gasteiger partial charge in [-0.15, -0.1) is 0 Å². The molecule has 1 amide bonds. The molecule has 0 bridgehead atoms. The standard InChI is InChI=1S/C16H15N3O5S/c1-23-13-8-3-10(9-14(13)24-2)15(20)18-16(25)17-11-4-6-12(7-5-11)19(21)22/h3-9H,1-2H3,(H2,17,18,20,25). The van der Waals surface area contributed by atoms with Gasteiger partial charge in [0.05, 0.1) is 19.1 Å². The Morgan fingerprint density at radius 3 is 2.28 bits per heavy atom. The summed E-state index contributed by atoms with van der Waals surface area (Å²) in [5.41, 5.74) is 0.819. The van der Waals surface area contributed by atoms with Crippen LogP contribution in [0.1, 0.15) is 10.4 Å². The number of nitro groups is 1. The lowest BCUT2D eigenvalue weighted by Crippen LogP contribution is -2.34. The zero-order valence-electron chi connectivity index (χ0n) is 13.4. The third kappa shape index (κ3) is 4.64. The number of benzene rings is 2. The fourth-order valence-corrected chi connectivity index (χ4v) is 2.19. The monoisotopic (exact) mass is 361 g/mol. The highest BCUT2D eigenvalue weighted by molar-refractivity contribution is 7.80. The molecule has 0 spiro atoms. The number of thiocarbonyl (C=S) groups is 1. The quantitative estimate of drug-likeness (QED) is 0.479. The smallest absolute Gasteiger partial charge is 0.269 e. The van der Waals surface area contributed by atoms with Gasteiger partial charge in [0.15, 0.2) is 16.6 Å². The molecule has 0 fully saturated rings. The average Bonchev–Trinajstić information content (AvgIpc) is 2.61. The first kappa shape index (κ1) is 18.1. The lowest BCUT2D eigenvalue weighted by molar-refractivity contribution is -0.384. The molecule has 0 atom stereocenters. The number of nitro benzene ring substituents is 1. The zero-order chi connectivity index (χ0) is 18.4. The van der Waals surface area contributed by atoms with E-state index in [9.17, 15) is 14.9 Å². The van der Waals surface area contributed by atoms with Crippen LogP contribution in [-0.2, 0) is 0 Å². The zero-order valence-corrected chi connectivity index (χ0v) is 14.3. The molecule has 9 heteroatoms. The predicted octanol–water partition coefficient (Wildman–Crippen LogP) is 2.74. The highest BCUT2D eigenvalue weighted by Gasteiger charge is 2.12. The Morgan fingerprint density at radius 2 is 1.72 bits per heavy atom. The van der Waals surface area contributed by atoms with Crippen molar-refractivity contribution < 1.29 is 19.2 Å². The van der Waals surface area contributed by atoms with Crippen molar-refractivity contribution in [3.8, 4) is 11.5 Å². The van der Waals surface area contributed by atoms with E-state index in [1.165, 1.54) is 44.6 Å². The van der Waals surface area contributed by atoms with Gasteiger partial charge in [0.2, 0.25) is 0 Å². The van der Waals surface area contributed by atoms with Crippen LogP contribution in [0.3, 0.4) is 0 Å². The van der Waals surface area contributed by atoms with Gasteiger partial charge in [-0.25, -0.2) is 0 Å². The van der Waals surface area contributed by atoms with Crippen LogP contribution in [0.2, 0.25) is 0 Å². The number of hydrogen-bond donors (Lipinski definition) is 2. The number of ether oxygens (including phenoxy) is 2. The fourth-order valence-electron chi connectivity index (χ4n) is 1.98. The maximum absolute atomic E-state index is 12.2. The third-order valence-electron chi connectivity index (χ3n) is 3.21. The number of methoxy groups -OCH3 is 2. The molecular formula is C16H15N3O5S. The maximum Gasteiger partial charge on any atom is 0.269 e.